The molecular formula is C18H27N3O2. The Hall–Kier alpha value is -1.88. The Balaban J connectivity index is 1.65. The van der Waals surface area contributed by atoms with Gasteiger partial charge < -0.3 is 10.2 Å². The number of hydrogen-bond acceptors (Lipinski definition) is 3. The molecule has 0 unspecified atom stereocenters. The molecule has 5 nitrogen and oxygen atoms in total. The lowest BCUT2D eigenvalue weighted by atomic mass is 10.1. The molecule has 126 valence electrons. The zero-order valence-corrected chi connectivity index (χ0v) is 14.1. The first-order valence-electron chi connectivity index (χ1n) is 8.31. The highest BCUT2D eigenvalue weighted by atomic mass is 16.2. The molecule has 1 fully saturated rings. The normalized spacial score (nSPS) is 16.0. The first-order chi connectivity index (χ1) is 11.0. The van der Waals surface area contributed by atoms with Gasteiger partial charge in [0.1, 0.15) is 0 Å². The van der Waals surface area contributed by atoms with E-state index >= 15 is 0 Å². The third-order valence-electron chi connectivity index (χ3n) is 4.06. The van der Waals surface area contributed by atoms with Crippen molar-refractivity contribution >= 4 is 11.8 Å². The van der Waals surface area contributed by atoms with Crippen LogP contribution in [0.2, 0.25) is 0 Å². The van der Waals surface area contributed by atoms with E-state index in [9.17, 15) is 9.59 Å². The maximum atomic E-state index is 12.0. The average Bonchev–Trinajstić information content (AvgIpc) is 2.91. The van der Waals surface area contributed by atoms with Crippen molar-refractivity contribution in [2.75, 3.05) is 33.2 Å². The Labute approximate surface area is 138 Å². The molecule has 1 aliphatic heterocycles. The van der Waals surface area contributed by atoms with Gasteiger partial charge in [-0.05, 0) is 24.9 Å². The zero-order valence-electron chi connectivity index (χ0n) is 14.1. The number of rotatable bonds is 8. The van der Waals surface area contributed by atoms with Gasteiger partial charge in [-0.3, -0.25) is 14.5 Å². The number of amides is 2. The van der Waals surface area contributed by atoms with Crippen molar-refractivity contribution < 1.29 is 9.59 Å². The largest absolute Gasteiger partial charge is 0.355 e. The Kier molecular flexibility index (Phi) is 6.59. The molecule has 1 N–H and O–H groups in total. The van der Waals surface area contributed by atoms with Crippen LogP contribution in [0.4, 0.5) is 0 Å². The van der Waals surface area contributed by atoms with E-state index < -0.39 is 0 Å². The molecule has 0 aliphatic carbocycles. The van der Waals surface area contributed by atoms with Gasteiger partial charge in [0.05, 0.1) is 6.54 Å². The van der Waals surface area contributed by atoms with Gasteiger partial charge in [-0.2, -0.15) is 0 Å². The van der Waals surface area contributed by atoms with Crippen LogP contribution in [0.1, 0.15) is 25.3 Å². The molecule has 0 spiro atoms. The van der Waals surface area contributed by atoms with Crippen molar-refractivity contribution in [2.45, 2.75) is 26.3 Å². The minimum absolute atomic E-state index is 0.0306. The molecule has 1 atom stereocenters. The second-order valence-electron chi connectivity index (χ2n) is 6.51. The molecule has 2 amide bonds. The van der Waals surface area contributed by atoms with Crippen LogP contribution in [0.25, 0.3) is 0 Å². The Morgan fingerprint density at radius 1 is 1.35 bits per heavy atom. The fraction of sp³-hybridized carbons (Fsp3) is 0.556. The topological polar surface area (TPSA) is 52.7 Å². The monoisotopic (exact) mass is 317 g/mol. The van der Waals surface area contributed by atoms with Crippen LogP contribution in [0, 0.1) is 5.92 Å². The molecule has 1 aromatic rings. The number of carbonyl (C=O) groups excluding carboxylic acids is 2. The van der Waals surface area contributed by atoms with E-state index in [1.54, 1.807) is 0 Å². The molecule has 0 radical (unpaired) electrons. The smallest absolute Gasteiger partial charge is 0.234 e. The predicted octanol–water partition coefficient (Wildman–Crippen LogP) is 1.49. The molecule has 2 rings (SSSR count). The summed E-state index contributed by atoms with van der Waals surface area (Å²) in [6.45, 7) is 5.41. The van der Waals surface area contributed by atoms with Crippen molar-refractivity contribution in [1.82, 2.24) is 15.1 Å². The quantitative estimate of drug-likeness (QED) is 0.790. The molecule has 5 heteroatoms. The van der Waals surface area contributed by atoms with E-state index in [2.05, 4.69) is 24.4 Å². The second kappa shape index (κ2) is 8.67. The number of carbonyl (C=O) groups is 2. The van der Waals surface area contributed by atoms with E-state index in [0.29, 0.717) is 19.5 Å². The number of hydrogen-bond donors (Lipinski definition) is 1. The van der Waals surface area contributed by atoms with Crippen molar-refractivity contribution in [1.29, 1.82) is 0 Å². The summed E-state index contributed by atoms with van der Waals surface area (Å²) < 4.78 is 0. The maximum absolute atomic E-state index is 12.0. The van der Waals surface area contributed by atoms with E-state index in [1.165, 1.54) is 5.56 Å². The number of benzene rings is 1. The molecule has 1 aromatic carbocycles. The number of nitrogens with one attached hydrogen (secondary N) is 1. The van der Waals surface area contributed by atoms with E-state index in [4.69, 9.17) is 0 Å². The van der Waals surface area contributed by atoms with Crippen LogP contribution in [-0.4, -0.2) is 54.8 Å². The van der Waals surface area contributed by atoms with E-state index in [1.807, 2.05) is 35.0 Å². The van der Waals surface area contributed by atoms with Crippen molar-refractivity contribution in [2.24, 2.45) is 5.92 Å². The highest BCUT2D eigenvalue weighted by Gasteiger charge is 2.21. The predicted molar refractivity (Wildman–Crippen MR) is 90.8 cm³/mol. The Morgan fingerprint density at radius 3 is 2.74 bits per heavy atom. The zero-order chi connectivity index (χ0) is 16.7. The van der Waals surface area contributed by atoms with Gasteiger partial charge in [0, 0.05) is 32.6 Å². The Morgan fingerprint density at radius 2 is 2.09 bits per heavy atom. The molecular weight excluding hydrogens is 290 g/mol. The van der Waals surface area contributed by atoms with Crippen LogP contribution in [0.15, 0.2) is 30.3 Å². The van der Waals surface area contributed by atoms with Crippen molar-refractivity contribution in [3.8, 4) is 0 Å². The third-order valence-corrected chi connectivity index (χ3v) is 4.06. The fourth-order valence-corrected chi connectivity index (χ4v) is 2.88. The number of likely N-dealkylation sites (N-methyl/N-ethyl adjacent to an activating group) is 1. The van der Waals surface area contributed by atoms with Crippen LogP contribution >= 0.6 is 0 Å². The summed E-state index contributed by atoms with van der Waals surface area (Å²) in [5.41, 5.74) is 1.20. The van der Waals surface area contributed by atoms with Crippen LogP contribution < -0.4 is 5.32 Å². The van der Waals surface area contributed by atoms with Crippen molar-refractivity contribution in [3.05, 3.63) is 35.9 Å². The molecule has 23 heavy (non-hydrogen) atoms. The lowest BCUT2D eigenvalue weighted by molar-refractivity contribution is -0.128. The lowest BCUT2D eigenvalue weighted by Gasteiger charge is -2.22. The summed E-state index contributed by atoms with van der Waals surface area (Å²) in [7, 11) is 1.94. The van der Waals surface area contributed by atoms with Gasteiger partial charge in [0.25, 0.3) is 0 Å². The molecule has 1 saturated heterocycles. The van der Waals surface area contributed by atoms with Gasteiger partial charge in [0.2, 0.25) is 11.8 Å². The van der Waals surface area contributed by atoms with Crippen LogP contribution in [0.5, 0.6) is 0 Å². The molecule has 0 aromatic heterocycles. The molecule has 0 bridgehead atoms. The lowest BCUT2D eigenvalue weighted by Crippen LogP contribution is -2.39. The molecule has 1 aliphatic rings. The highest BCUT2D eigenvalue weighted by Crippen LogP contribution is 2.11. The second-order valence-corrected chi connectivity index (χ2v) is 6.51. The van der Waals surface area contributed by atoms with E-state index in [0.717, 1.165) is 26.1 Å². The molecule has 0 saturated carbocycles. The third kappa shape index (κ3) is 6.02. The van der Waals surface area contributed by atoms with Gasteiger partial charge in [-0.25, -0.2) is 0 Å². The van der Waals surface area contributed by atoms with E-state index in [-0.39, 0.29) is 17.7 Å². The number of nitrogens with zero attached hydrogens (tertiary/aromatic N) is 2. The SMILES string of the molecule is C[C@H](CNC(=O)CN(C)Cc1ccccc1)CN1CCCC1=O. The summed E-state index contributed by atoms with van der Waals surface area (Å²) in [5.74, 6) is 0.550. The van der Waals surface area contributed by atoms with Crippen LogP contribution in [-0.2, 0) is 16.1 Å². The summed E-state index contributed by atoms with van der Waals surface area (Å²) >= 11 is 0. The highest BCUT2D eigenvalue weighted by molar-refractivity contribution is 5.78. The minimum atomic E-state index is 0.0306. The molecule has 1 heterocycles. The Bertz CT molecular complexity index is 518. The maximum Gasteiger partial charge on any atom is 0.234 e. The summed E-state index contributed by atoms with van der Waals surface area (Å²) in [4.78, 5) is 27.5. The van der Waals surface area contributed by atoms with Gasteiger partial charge >= 0.3 is 0 Å². The summed E-state index contributed by atoms with van der Waals surface area (Å²) in [5, 5.41) is 2.97. The first-order valence-corrected chi connectivity index (χ1v) is 8.31. The van der Waals surface area contributed by atoms with Gasteiger partial charge in [-0.15, -0.1) is 0 Å². The average molecular weight is 317 g/mol. The summed E-state index contributed by atoms with van der Waals surface area (Å²) in [6, 6.07) is 10.1. The summed E-state index contributed by atoms with van der Waals surface area (Å²) in [6.07, 6.45) is 1.63. The van der Waals surface area contributed by atoms with Gasteiger partial charge in [-0.1, -0.05) is 37.3 Å². The first kappa shape index (κ1) is 17.5. The standard InChI is InChI=1S/C18H27N3O2/c1-15(12-21-10-6-9-18(21)23)11-19-17(22)14-20(2)13-16-7-4-3-5-8-16/h3-5,7-8,15H,6,9-14H2,1-2H3,(H,19,22)/t15-/m1/s1. The number of likely N-dealkylation sites (tertiary alicyclic amines) is 1. The fourth-order valence-electron chi connectivity index (χ4n) is 2.88. The van der Waals surface area contributed by atoms with Crippen LogP contribution in [0.3, 0.4) is 0 Å². The minimum Gasteiger partial charge on any atom is -0.355 e. The van der Waals surface area contributed by atoms with Gasteiger partial charge in [0.15, 0.2) is 0 Å². The van der Waals surface area contributed by atoms with Crippen molar-refractivity contribution in [3.63, 3.8) is 0 Å².